The van der Waals surface area contributed by atoms with Crippen molar-refractivity contribution in [3.05, 3.63) is 53.6 Å². The van der Waals surface area contributed by atoms with Crippen LogP contribution in [0.1, 0.15) is 24.0 Å². The maximum Gasteiger partial charge on any atom is 0.238 e. The number of carbonyl (C=O) groups excluding carboxylic acids is 1. The van der Waals surface area contributed by atoms with E-state index in [1.54, 1.807) is 11.8 Å². The highest BCUT2D eigenvalue weighted by Crippen LogP contribution is 2.31. The number of hydrogen-bond donors (Lipinski definition) is 2. The van der Waals surface area contributed by atoms with E-state index in [2.05, 4.69) is 37.4 Å². The molecule has 1 unspecified atom stereocenters. The molecule has 1 atom stereocenters. The van der Waals surface area contributed by atoms with Gasteiger partial charge in [0, 0.05) is 22.0 Å². The van der Waals surface area contributed by atoms with Crippen molar-refractivity contribution >= 4 is 23.4 Å². The lowest BCUT2D eigenvalue weighted by Gasteiger charge is -2.29. The van der Waals surface area contributed by atoms with Gasteiger partial charge in [0.05, 0.1) is 12.6 Å². The molecule has 2 aromatic carbocycles. The number of anilines is 1. The van der Waals surface area contributed by atoms with Crippen molar-refractivity contribution in [2.45, 2.75) is 42.6 Å². The zero-order chi connectivity index (χ0) is 18.5. The number of nitrogens with one attached hydrogen (secondary N) is 1. The molecule has 0 aliphatic carbocycles. The van der Waals surface area contributed by atoms with Crippen LogP contribution in [0.25, 0.3) is 0 Å². The second-order valence-electron chi connectivity index (χ2n) is 6.97. The Kier molecular flexibility index (Phi) is 6.35. The van der Waals surface area contributed by atoms with Gasteiger partial charge in [-0.15, -0.1) is 0 Å². The third-order valence-corrected chi connectivity index (χ3v) is 5.72. The summed E-state index contributed by atoms with van der Waals surface area (Å²) in [5.74, 6) is -0.0333. The van der Waals surface area contributed by atoms with Gasteiger partial charge in [-0.3, -0.25) is 9.69 Å². The SMILES string of the molecule is Cc1ccc(C)c(Sc2ccc(NC(=O)CN3CCCC(O)C3)cc2)c1. The molecule has 0 bridgehead atoms. The van der Waals surface area contributed by atoms with Gasteiger partial charge in [-0.1, -0.05) is 23.9 Å². The predicted octanol–water partition coefficient (Wildman–Crippen LogP) is 3.85. The van der Waals surface area contributed by atoms with Gasteiger partial charge in [-0.05, 0) is 74.7 Å². The molecule has 0 aromatic heterocycles. The Morgan fingerprint density at radius 1 is 1.23 bits per heavy atom. The Labute approximate surface area is 159 Å². The molecule has 1 heterocycles. The van der Waals surface area contributed by atoms with Crippen LogP contribution < -0.4 is 5.32 Å². The summed E-state index contributed by atoms with van der Waals surface area (Å²) < 4.78 is 0. The number of amides is 1. The normalized spacial score (nSPS) is 17.9. The Bertz CT molecular complexity index is 761. The second kappa shape index (κ2) is 8.71. The Morgan fingerprint density at radius 3 is 2.73 bits per heavy atom. The van der Waals surface area contributed by atoms with Crippen molar-refractivity contribution in [1.82, 2.24) is 4.90 Å². The van der Waals surface area contributed by atoms with Gasteiger partial charge in [0.15, 0.2) is 0 Å². The number of carbonyl (C=O) groups is 1. The molecule has 26 heavy (non-hydrogen) atoms. The third kappa shape index (κ3) is 5.34. The lowest BCUT2D eigenvalue weighted by molar-refractivity contribution is -0.118. The summed E-state index contributed by atoms with van der Waals surface area (Å²) in [6, 6.07) is 14.4. The number of nitrogens with zero attached hydrogens (tertiary/aromatic N) is 1. The van der Waals surface area contributed by atoms with Gasteiger partial charge in [0.25, 0.3) is 0 Å². The van der Waals surface area contributed by atoms with E-state index in [4.69, 9.17) is 0 Å². The molecule has 1 aliphatic rings. The minimum Gasteiger partial charge on any atom is -0.392 e. The smallest absolute Gasteiger partial charge is 0.238 e. The highest BCUT2D eigenvalue weighted by Gasteiger charge is 2.19. The van der Waals surface area contributed by atoms with Crippen LogP contribution in [0.15, 0.2) is 52.3 Å². The summed E-state index contributed by atoms with van der Waals surface area (Å²) in [5, 5.41) is 12.6. The number of piperidine rings is 1. The van der Waals surface area contributed by atoms with Crippen molar-refractivity contribution < 1.29 is 9.90 Å². The Balaban J connectivity index is 1.55. The maximum absolute atomic E-state index is 12.2. The van der Waals surface area contributed by atoms with Gasteiger partial charge in [0.1, 0.15) is 0 Å². The summed E-state index contributed by atoms with van der Waals surface area (Å²) in [6.45, 7) is 6.00. The number of likely N-dealkylation sites (tertiary alicyclic amines) is 1. The standard InChI is InChI=1S/C21H26N2O2S/c1-15-5-6-16(2)20(12-15)26-19-9-7-17(8-10-19)22-21(25)14-23-11-3-4-18(24)13-23/h5-10,12,18,24H,3-4,11,13-14H2,1-2H3,(H,22,25). The van der Waals surface area contributed by atoms with Gasteiger partial charge in [-0.2, -0.15) is 0 Å². The van der Waals surface area contributed by atoms with Crippen LogP contribution >= 0.6 is 11.8 Å². The van der Waals surface area contributed by atoms with E-state index in [1.807, 2.05) is 29.2 Å². The van der Waals surface area contributed by atoms with Crippen LogP contribution in [0.3, 0.4) is 0 Å². The molecule has 2 N–H and O–H groups in total. The first kappa shape index (κ1) is 19.0. The number of aliphatic hydroxyl groups is 1. The largest absolute Gasteiger partial charge is 0.392 e. The van der Waals surface area contributed by atoms with E-state index in [-0.39, 0.29) is 12.0 Å². The van der Waals surface area contributed by atoms with Gasteiger partial charge >= 0.3 is 0 Å². The molecule has 0 radical (unpaired) electrons. The molecule has 1 aliphatic heterocycles. The fraction of sp³-hybridized carbons (Fsp3) is 0.381. The zero-order valence-corrected chi connectivity index (χ0v) is 16.2. The lowest BCUT2D eigenvalue weighted by atomic mass is 10.1. The van der Waals surface area contributed by atoms with E-state index >= 15 is 0 Å². The van der Waals surface area contributed by atoms with Crippen LogP contribution in [0.5, 0.6) is 0 Å². The average molecular weight is 371 g/mol. The molecule has 0 saturated carbocycles. The summed E-state index contributed by atoms with van der Waals surface area (Å²) in [4.78, 5) is 16.6. The molecule has 1 saturated heterocycles. The topological polar surface area (TPSA) is 52.6 Å². The van der Waals surface area contributed by atoms with Crippen molar-refractivity contribution in [2.24, 2.45) is 0 Å². The predicted molar refractivity (Wildman–Crippen MR) is 107 cm³/mol. The quantitative estimate of drug-likeness (QED) is 0.839. The van der Waals surface area contributed by atoms with Crippen LogP contribution in [0.4, 0.5) is 5.69 Å². The number of aliphatic hydroxyl groups excluding tert-OH is 1. The summed E-state index contributed by atoms with van der Waals surface area (Å²) in [5.41, 5.74) is 3.32. The summed E-state index contributed by atoms with van der Waals surface area (Å²) in [6.07, 6.45) is 1.47. The van der Waals surface area contributed by atoms with Gasteiger partial charge < -0.3 is 10.4 Å². The molecule has 5 heteroatoms. The van der Waals surface area contributed by atoms with Crippen LogP contribution in [-0.4, -0.2) is 41.7 Å². The van der Waals surface area contributed by atoms with Crippen LogP contribution in [-0.2, 0) is 4.79 Å². The van der Waals surface area contributed by atoms with E-state index in [9.17, 15) is 9.90 Å². The fourth-order valence-electron chi connectivity index (χ4n) is 3.13. The lowest BCUT2D eigenvalue weighted by Crippen LogP contribution is -2.42. The van der Waals surface area contributed by atoms with Crippen LogP contribution in [0.2, 0.25) is 0 Å². The van der Waals surface area contributed by atoms with Crippen molar-refractivity contribution in [1.29, 1.82) is 0 Å². The monoisotopic (exact) mass is 370 g/mol. The van der Waals surface area contributed by atoms with Gasteiger partial charge in [0.2, 0.25) is 5.91 Å². The number of hydrogen-bond acceptors (Lipinski definition) is 4. The third-order valence-electron chi connectivity index (χ3n) is 4.56. The average Bonchev–Trinajstić information content (AvgIpc) is 2.60. The number of β-amino-alcohol motifs (C(OH)–C–C–N with tert-alkyl or cyclic N) is 1. The molecular weight excluding hydrogens is 344 g/mol. The first-order valence-electron chi connectivity index (χ1n) is 9.05. The first-order chi connectivity index (χ1) is 12.5. The van der Waals surface area contributed by atoms with E-state index in [0.29, 0.717) is 13.1 Å². The minimum absolute atomic E-state index is 0.0333. The Morgan fingerprint density at radius 2 is 2.00 bits per heavy atom. The molecule has 1 fully saturated rings. The van der Waals surface area contributed by atoms with E-state index in [1.165, 1.54) is 16.0 Å². The number of rotatable bonds is 5. The molecule has 2 aromatic rings. The van der Waals surface area contributed by atoms with Crippen molar-refractivity contribution in [2.75, 3.05) is 25.0 Å². The number of benzene rings is 2. The van der Waals surface area contributed by atoms with Gasteiger partial charge in [-0.25, -0.2) is 0 Å². The highest BCUT2D eigenvalue weighted by molar-refractivity contribution is 7.99. The molecular formula is C21H26N2O2S. The fourth-order valence-corrected chi connectivity index (χ4v) is 4.13. The molecule has 4 nitrogen and oxygen atoms in total. The maximum atomic E-state index is 12.2. The molecule has 3 rings (SSSR count). The van der Waals surface area contributed by atoms with Crippen molar-refractivity contribution in [3.8, 4) is 0 Å². The molecule has 1 amide bonds. The first-order valence-corrected chi connectivity index (χ1v) is 9.87. The second-order valence-corrected chi connectivity index (χ2v) is 8.09. The summed E-state index contributed by atoms with van der Waals surface area (Å²) >= 11 is 1.74. The highest BCUT2D eigenvalue weighted by atomic mass is 32.2. The summed E-state index contributed by atoms with van der Waals surface area (Å²) in [7, 11) is 0. The Hall–Kier alpha value is -1.82. The van der Waals surface area contributed by atoms with Crippen molar-refractivity contribution in [3.63, 3.8) is 0 Å². The molecule has 0 spiro atoms. The zero-order valence-electron chi connectivity index (χ0n) is 15.4. The minimum atomic E-state index is -0.307. The van der Waals surface area contributed by atoms with E-state index in [0.717, 1.165) is 30.0 Å². The molecule has 138 valence electrons. The van der Waals surface area contributed by atoms with E-state index < -0.39 is 0 Å². The van der Waals surface area contributed by atoms with Crippen LogP contribution in [0, 0.1) is 13.8 Å². The number of aryl methyl sites for hydroxylation is 2.